The Bertz CT molecular complexity index is 1400. The van der Waals surface area contributed by atoms with Crippen LogP contribution in [0.15, 0.2) is 36.4 Å². The van der Waals surface area contributed by atoms with Crippen LogP contribution in [0.3, 0.4) is 0 Å². The summed E-state index contributed by atoms with van der Waals surface area (Å²) in [4.78, 5) is 34.4. The highest BCUT2D eigenvalue weighted by atomic mass is 16.6. The Morgan fingerprint density at radius 3 is 2.57 bits per heavy atom. The number of carbonyl (C=O) groups excluding carboxylic acids is 1. The van der Waals surface area contributed by atoms with Crippen molar-refractivity contribution >= 4 is 33.9 Å². The maximum Gasteiger partial charge on any atom is 0.270 e. The number of carbonyl (C=O) groups is 1. The van der Waals surface area contributed by atoms with Crippen molar-refractivity contribution in [3.8, 4) is 5.75 Å². The van der Waals surface area contributed by atoms with Gasteiger partial charge in [-0.25, -0.2) is 9.97 Å². The SMILES string of the molecule is COc1cc2nc(C)nc(N[C@H](C)c3cc(C)cc([N+](=O)[O-])c3)c2cc1C1=CCC(C(=O)N(C)C)CC1. The number of hydrogen-bond acceptors (Lipinski definition) is 7. The van der Waals surface area contributed by atoms with E-state index in [9.17, 15) is 14.9 Å². The minimum Gasteiger partial charge on any atom is -0.496 e. The fourth-order valence-corrected chi connectivity index (χ4v) is 4.91. The number of methoxy groups -OCH3 is 1. The quantitative estimate of drug-likeness (QED) is 0.330. The number of nitro groups is 1. The minimum atomic E-state index is -0.374. The van der Waals surface area contributed by atoms with Gasteiger partial charge in [-0.1, -0.05) is 12.1 Å². The average Bonchev–Trinajstić information content (AvgIpc) is 2.87. The topological polar surface area (TPSA) is 110 Å². The van der Waals surface area contributed by atoms with E-state index in [1.807, 2.05) is 39.0 Å². The number of ether oxygens (including phenoxy) is 1. The molecule has 4 rings (SSSR count). The molecule has 37 heavy (non-hydrogen) atoms. The van der Waals surface area contributed by atoms with Crippen molar-refractivity contribution in [3.05, 3.63) is 69.0 Å². The largest absolute Gasteiger partial charge is 0.496 e. The third kappa shape index (κ3) is 5.55. The van der Waals surface area contributed by atoms with Gasteiger partial charge in [-0.15, -0.1) is 0 Å². The summed E-state index contributed by atoms with van der Waals surface area (Å²) in [7, 11) is 5.23. The summed E-state index contributed by atoms with van der Waals surface area (Å²) in [5.41, 5.74) is 4.53. The summed E-state index contributed by atoms with van der Waals surface area (Å²) in [6, 6.07) is 8.83. The zero-order valence-corrected chi connectivity index (χ0v) is 22.2. The molecule has 0 saturated heterocycles. The molecule has 194 valence electrons. The van der Waals surface area contributed by atoms with E-state index in [4.69, 9.17) is 4.74 Å². The van der Waals surface area contributed by atoms with E-state index in [1.165, 1.54) is 0 Å². The summed E-state index contributed by atoms with van der Waals surface area (Å²) in [6.07, 6.45) is 4.37. The average molecular weight is 504 g/mol. The molecule has 0 spiro atoms. The first-order chi connectivity index (χ1) is 17.6. The summed E-state index contributed by atoms with van der Waals surface area (Å²) >= 11 is 0. The van der Waals surface area contributed by atoms with Crippen molar-refractivity contribution in [1.29, 1.82) is 0 Å². The Morgan fingerprint density at radius 1 is 1.19 bits per heavy atom. The Balaban J connectivity index is 1.72. The predicted octanol–water partition coefficient (Wildman–Crippen LogP) is 5.61. The number of amides is 1. The van der Waals surface area contributed by atoms with Crippen LogP contribution in [0, 0.1) is 29.9 Å². The van der Waals surface area contributed by atoms with Crippen LogP contribution >= 0.6 is 0 Å². The van der Waals surface area contributed by atoms with Crippen molar-refractivity contribution in [2.75, 3.05) is 26.5 Å². The number of benzene rings is 2. The number of anilines is 1. The van der Waals surface area contributed by atoms with E-state index in [0.29, 0.717) is 18.1 Å². The van der Waals surface area contributed by atoms with Gasteiger partial charge in [0.25, 0.3) is 5.69 Å². The molecule has 0 aliphatic heterocycles. The van der Waals surface area contributed by atoms with Gasteiger partial charge in [0.1, 0.15) is 17.4 Å². The van der Waals surface area contributed by atoms with Crippen LogP contribution in [0.1, 0.15) is 54.7 Å². The minimum absolute atomic E-state index is 0.00681. The molecule has 0 saturated carbocycles. The van der Waals surface area contributed by atoms with Crippen molar-refractivity contribution in [2.24, 2.45) is 5.92 Å². The molecule has 1 aromatic heterocycles. The smallest absolute Gasteiger partial charge is 0.270 e. The first kappa shape index (κ1) is 26.1. The molecule has 2 atom stereocenters. The van der Waals surface area contributed by atoms with Gasteiger partial charge in [0.2, 0.25) is 5.91 Å². The van der Waals surface area contributed by atoms with Crippen molar-refractivity contribution in [1.82, 2.24) is 14.9 Å². The van der Waals surface area contributed by atoms with Crippen molar-refractivity contribution in [2.45, 2.75) is 46.1 Å². The fourth-order valence-electron chi connectivity index (χ4n) is 4.91. The summed E-state index contributed by atoms with van der Waals surface area (Å²) in [6.45, 7) is 5.64. The fraction of sp³-hybridized carbons (Fsp3) is 0.393. The van der Waals surface area contributed by atoms with Gasteiger partial charge >= 0.3 is 0 Å². The van der Waals surface area contributed by atoms with Crippen LogP contribution in [0.5, 0.6) is 5.75 Å². The van der Waals surface area contributed by atoms with Crippen LogP contribution < -0.4 is 10.1 Å². The Hall–Kier alpha value is -4.01. The summed E-state index contributed by atoms with van der Waals surface area (Å²) < 4.78 is 5.74. The molecule has 1 heterocycles. The van der Waals surface area contributed by atoms with Crippen LogP contribution in [0.25, 0.3) is 16.5 Å². The van der Waals surface area contributed by atoms with Gasteiger partial charge in [-0.05, 0) is 62.8 Å². The van der Waals surface area contributed by atoms with Gasteiger partial charge in [-0.2, -0.15) is 0 Å². The van der Waals surface area contributed by atoms with Crippen LogP contribution in [-0.2, 0) is 4.79 Å². The lowest BCUT2D eigenvalue weighted by atomic mass is 9.85. The van der Waals surface area contributed by atoms with Gasteiger partial charge < -0.3 is 15.0 Å². The lowest BCUT2D eigenvalue weighted by molar-refractivity contribution is -0.385. The highest BCUT2D eigenvalue weighted by Crippen LogP contribution is 2.39. The zero-order valence-electron chi connectivity index (χ0n) is 22.2. The monoisotopic (exact) mass is 503 g/mol. The first-order valence-electron chi connectivity index (χ1n) is 12.4. The van der Waals surface area contributed by atoms with Crippen LogP contribution in [0.4, 0.5) is 11.5 Å². The van der Waals surface area contributed by atoms with Gasteiger partial charge in [-0.3, -0.25) is 14.9 Å². The maximum absolute atomic E-state index is 12.4. The molecule has 9 nitrogen and oxygen atoms in total. The normalized spacial score (nSPS) is 16.2. The summed E-state index contributed by atoms with van der Waals surface area (Å²) in [5, 5.41) is 15.7. The molecule has 1 N–H and O–H groups in total. The van der Waals surface area contributed by atoms with Crippen LogP contribution in [0.2, 0.25) is 0 Å². The standard InChI is InChI=1S/C28H33N5O4/c1-16-11-21(13-22(12-16)33(35)36)17(2)29-27-24-14-23(26(37-6)15-25(24)30-18(3)31-27)19-7-9-20(10-8-19)28(34)32(4)5/h7,11-15,17,20H,8-10H2,1-6H3,(H,29,30,31)/t17-,20?/m1/s1. The third-order valence-electron chi connectivity index (χ3n) is 6.82. The number of allylic oxidation sites excluding steroid dienone is 2. The van der Waals surface area contributed by atoms with Crippen molar-refractivity contribution < 1.29 is 14.5 Å². The number of fused-ring (bicyclic) bond motifs is 1. The third-order valence-corrected chi connectivity index (χ3v) is 6.82. The molecule has 0 fully saturated rings. The lowest BCUT2D eigenvalue weighted by Crippen LogP contribution is -2.30. The highest BCUT2D eigenvalue weighted by molar-refractivity contribution is 5.94. The number of non-ortho nitro benzene ring substituents is 1. The van der Waals surface area contributed by atoms with E-state index in [1.54, 1.807) is 38.2 Å². The second kappa shape index (κ2) is 10.5. The van der Waals surface area contributed by atoms with Crippen molar-refractivity contribution in [3.63, 3.8) is 0 Å². The Labute approximate surface area is 216 Å². The second-order valence-corrected chi connectivity index (χ2v) is 9.85. The van der Waals surface area contributed by atoms with E-state index < -0.39 is 0 Å². The second-order valence-electron chi connectivity index (χ2n) is 9.85. The maximum atomic E-state index is 12.4. The number of hydrogen-bond donors (Lipinski definition) is 1. The lowest BCUT2D eigenvalue weighted by Gasteiger charge is -2.25. The van der Waals surface area contributed by atoms with Gasteiger partial charge in [0.15, 0.2) is 0 Å². The molecule has 1 amide bonds. The number of aryl methyl sites for hydroxylation is 2. The van der Waals surface area contributed by atoms with E-state index in [0.717, 1.165) is 51.8 Å². The molecule has 9 heteroatoms. The number of nitro benzene ring substituents is 1. The molecule has 1 aliphatic rings. The van der Waals surface area contributed by atoms with E-state index in [-0.39, 0.29) is 28.5 Å². The molecule has 2 aromatic carbocycles. The molecule has 1 unspecified atom stereocenters. The predicted molar refractivity (Wildman–Crippen MR) is 145 cm³/mol. The summed E-state index contributed by atoms with van der Waals surface area (Å²) in [5.74, 6) is 2.13. The Kier molecular flexibility index (Phi) is 7.42. The number of nitrogens with one attached hydrogen (secondary N) is 1. The number of rotatable bonds is 7. The molecule has 0 radical (unpaired) electrons. The van der Waals surface area contributed by atoms with Gasteiger partial charge in [0.05, 0.1) is 23.6 Å². The van der Waals surface area contributed by atoms with Crippen LogP contribution in [-0.4, -0.2) is 46.9 Å². The van der Waals surface area contributed by atoms with E-state index >= 15 is 0 Å². The highest BCUT2D eigenvalue weighted by Gasteiger charge is 2.25. The molecule has 0 bridgehead atoms. The van der Waals surface area contributed by atoms with E-state index in [2.05, 4.69) is 21.4 Å². The van der Waals surface area contributed by atoms with Gasteiger partial charge in [0, 0.05) is 49.2 Å². The molecule has 3 aromatic rings. The first-order valence-corrected chi connectivity index (χ1v) is 12.4. The Morgan fingerprint density at radius 2 is 1.95 bits per heavy atom. The number of nitrogens with zero attached hydrogens (tertiary/aromatic N) is 4. The number of aromatic nitrogens is 2. The zero-order chi connectivity index (χ0) is 26.9. The molecular formula is C28H33N5O4. The molecule has 1 aliphatic carbocycles. The molecular weight excluding hydrogens is 470 g/mol.